The van der Waals surface area contributed by atoms with E-state index in [4.69, 9.17) is 0 Å². The third-order valence-electron chi connectivity index (χ3n) is 2.13. The molecule has 0 aromatic heterocycles. The summed E-state index contributed by atoms with van der Waals surface area (Å²) < 4.78 is 35.0. The second-order valence-corrected chi connectivity index (χ2v) is 3.52. The molecule has 0 radical (unpaired) electrons. The number of hydrogen-bond acceptors (Lipinski definition) is 5. The van der Waals surface area contributed by atoms with E-state index in [2.05, 4.69) is 9.47 Å². The standard InChI is InChI=1S/C11H11F2NO5/c1-3-18-10(15)11(12,13)19-8-6-4-5-7(2)9(8)14(16)17/h4-6H,3H2,1-2H3. The SMILES string of the molecule is CCOC(=O)C(F)(F)Oc1cccc(C)c1[N+](=O)[O-]. The van der Waals surface area contributed by atoms with Gasteiger partial charge in [-0.05, 0) is 19.9 Å². The lowest BCUT2D eigenvalue weighted by atomic mass is 10.2. The van der Waals surface area contributed by atoms with Crippen molar-refractivity contribution in [3.05, 3.63) is 33.9 Å². The van der Waals surface area contributed by atoms with Crippen molar-refractivity contribution in [3.8, 4) is 5.75 Å². The van der Waals surface area contributed by atoms with Crippen molar-refractivity contribution >= 4 is 11.7 Å². The van der Waals surface area contributed by atoms with Crippen molar-refractivity contribution < 1.29 is 28.0 Å². The Bertz CT molecular complexity index is 504. The molecular weight excluding hydrogens is 264 g/mol. The third-order valence-corrected chi connectivity index (χ3v) is 2.13. The highest BCUT2D eigenvalue weighted by Gasteiger charge is 2.45. The monoisotopic (exact) mass is 275 g/mol. The smallest absolute Gasteiger partial charge is 0.459 e. The number of hydrogen-bond donors (Lipinski definition) is 0. The van der Waals surface area contributed by atoms with Crippen molar-refractivity contribution in [1.29, 1.82) is 0 Å². The Labute approximate surface area is 107 Å². The zero-order valence-corrected chi connectivity index (χ0v) is 10.2. The second kappa shape index (κ2) is 5.59. The molecule has 0 spiro atoms. The van der Waals surface area contributed by atoms with Gasteiger partial charge in [-0.25, -0.2) is 4.79 Å². The first-order valence-electron chi connectivity index (χ1n) is 5.27. The number of nitro benzene ring substituents is 1. The van der Waals surface area contributed by atoms with Crippen LogP contribution in [0.2, 0.25) is 0 Å². The number of carbonyl (C=O) groups is 1. The number of alkyl halides is 2. The average molecular weight is 275 g/mol. The van der Waals surface area contributed by atoms with Crippen molar-refractivity contribution in [2.24, 2.45) is 0 Å². The number of esters is 1. The molecule has 6 nitrogen and oxygen atoms in total. The summed E-state index contributed by atoms with van der Waals surface area (Å²) in [5.41, 5.74) is -0.478. The van der Waals surface area contributed by atoms with Crippen LogP contribution in [0.3, 0.4) is 0 Å². The van der Waals surface area contributed by atoms with E-state index in [9.17, 15) is 23.7 Å². The molecule has 104 valence electrons. The van der Waals surface area contributed by atoms with Crippen LogP contribution in [0.25, 0.3) is 0 Å². The minimum atomic E-state index is -4.28. The Hall–Kier alpha value is -2.25. The Morgan fingerprint density at radius 1 is 1.47 bits per heavy atom. The number of ether oxygens (including phenoxy) is 2. The predicted molar refractivity (Wildman–Crippen MR) is 60.0 cm³/mol. The molecule has 0 saturated carbocycles. The second-order valence-electron chi connectivity index (χ2n) is 3.52. The molecule has 0 saturated heterocycles. The van der Waals surface area contributed by atoms with Gasteiger partial charge >= 0.3 is 17.8 Å². The number of para-hydroxylation sites is 1. The molecule has 0 aliphatic carbocycles. The van der Waals surface area contributed by atoms with Gasteiger partial charge in [0.15, 0.2) is 0 Å². The normalized spacial score (nSPS) is 10.9. The molecule has 0 aliphatic heterocycles. The van der Waals surface area contributed by atoms with E-state index in [-0.39, 0.29) is 12.2 Å². The molecule has 1 aromatic rings. The minimum absolute atomic E-state index is 0.141. The maximum Gasteiger partial charge on any atom is 0.502 e. The van der Waals surface area contributed by atoms with E-state index < -0.39 is 28.4 Å². The van der Waals surface area contributed by atoms with Crippen LogP contribution in [0.15, 0.2) is 18.2 Å². The fraction of sp³-hybridized carbons (Fsp3) is 0.364. The first-order chi connectivity index (χ1) is 8.79. The van der Waals surface area contributed by atoms with Gasteiger partial charge in [0, 0.05) is 5.56 Å². The quantitative estimate of drug-likeness (QED) is 0.468. The van der Waals surface area contributed by atoms with E-state index in [0.29, 0.717) is 0 Å². The van der Waals surface area contributed by atoms with Crippen LogP contribution in [-0.4, -0.2) is 23.6 Å². The fourth-order valence-corrected chi connectivity index (χ4v) is 1.34. The van der Waals surface area contributed by atoms with Gasteiger partial charge in [0.2, 0.25) is 5.75 Å². The van der Waals surface area contributed by atoms with Crippen LogP contribution in [0, 0.1) is 17.0 Å². The van der Waals surface area contributed by atoms with Crippen LogP contribution < -0.4 is 4.74 Å². The Kier molecular flexibility index (Phi) is 4.36. The summed E-state index contributed by atoms with van der Waals surface area (Å²) in [5.74, 6) is -2.59. The number of benzene rings is 1. The van der Waals surface area contributed by atoms with Crippen LogP contribution >= 0.6 is 0 Å². The molecule has 0 N–H and O–H groups in total. The van der Waals surface area contributed by atoms with Crippen molar-refractivity contribution in [1.82, 2.24) is 0 Å². The van der Waals surface area contributed by atoms with Gasteiger partial charge in [-0.15, -0.1) is 0 Å². The van der Waals surface area contributed by atoms with Crippen LogP contribution in [0.1, 0.15) is 12.5 Å². The molecular formula is C11H11F2NO5. The number of nitro groups is 1. The fourth-order valence-electron chi connectivity index (χ4n) is 1.34. The van der Waals surface area contributed by atoms with E-state index in [1.165, 1.54) is 26.0 Å². The third kappa shape index (κ3) is 3.36. The molecule has 0 aliphatic rings. The number of aryl methyl sites for hydroxylation is 1. The van der Waals surface area contributed by atoms with E-state index in [0.717, 1.165) is 6.07 Å². The summed E-state index contributed by atoms with van der Waals surface area (Å²) in [5, 5.41) is 10.8. The molecule has 0 heterocycles. The highest BCUT2D eigenvalue weighted by molar-refractivity contribution is 5.76. The van der Waals surface area contributed by atoms with E-state index >= 15 is 0 Å². The summed E-state index contributed by atoms with van der Waals surface area (Å²) in [6, 6.07) is 3.66. The maximum atomic E-state index is 13.3. The molecule has 0 fully saturated rings. The van der Waals surface area contributed by atoms with Crippen molar-refractivity contribution in [2.45, 2.75) is 20.0 Å². The van der Waals surface area contributed by atoms with Crippen molar-refractivity contribution in [2.75, 3.05) is 6.61 Å². The van der Waals surface area contributed by atoms with Gasteiger partial charge < -0.3 is 9.47 Å². The number of carbonyl (C=O) groups excluding carboxylic acids is 1. The first-order valence-corrected chi connectivity index (χ1v) is 5.27. The zero-order chi connectivity index (χ0) is 14.6. The summed E-state index contributed by atoms with van der Waals surface area (Å²) in [7, 11) is 0. The van der Waals surface area contributed by atoms with Gasteiger partial charge in [-0.2, -0.15) is 8.78 Å². The molecule has 0 unspecified atom stereocenters. The van der Waals surface area contributed by atoms with Crippen LogP contribution in [0.5, 0.6) is 5.75 Å². The van der Waals surface area contributed by atoms with Gasteiger partial charge in [0.1, 0.15) is 0 Å². The molecule has 1 rings (SSSR count). The molecule has 0 amide bonds. The van der Waals surface area contributed by atoms with Gasteiger partial charge in [-0.1, -0.05) is 12.1 Å². The summed E-state index contributed by atoms with van der Waals surface area (Å²) in [4.78, 5) is 20.9. The summed E-state index contributed by atoms with van der Waals surface area (Å²) in [6.07, 6.45) is -4.28. The number of rotatable bonds is 5. The molecule has 0 bridgehead atoms. The highest BCUT2D eigenvalue weighted by Crippen LogP contribution is 2.34. The molecule has 1 aromatic carbocycles. The van der Waals surface area contributed by atoms with Crippen LogP contribution in [-0.2, 0) is 9.53 Å². The summed E-state index contributed by atoms with van der Waals surface area (Å²) >= 11 is 0. The predicted octanol–water partition coefficient (Wildman–Crippen LogP) is 2.44. The van der Waals surface area contributed by atoms with E-state index in [1.54, 1.807) is 0 Å². The zero-order valence-electron chi connectivity index (χ0n) is 10.2. The van der Waals surface area contributed by atoms with Gasteiger partial charge in [-0.3, -0.25) is 10.1 Å². The Morgan fingerprint density at radius 2 is 2.11 bits per heavy atom. The molecule has 0 atom stereocenters. The number of halogens is 2. The molecule has 8 heteroatoms. The Morgan fingerprint density at radius 3 is 2.63 bits per heavy atom. The average Bonchev–Trinajstić information content (AvgIpc) is 2.28. The number of nitrogens with zero attached hydrogens (tertiary/aromatic N) is 1. The topological polar surface area (TPSA) is 78.7 Å². The lowest BCUT2D eigenvalue weighted by molar-refractivity contribution is -0.387. The summed E-state index contributed by atoms with van der Waals surface area (Å²) in [6.45, 7) is 2.46. The Balaban J connectivity index is 3.09. The highest BCUT2D eigenvalue weighted by atomic mass is 19.3. The first kappa shape index (κ1) is 14.8. The van der Waals surface area contributed by atoms with Crippen molar-refractivity contribution in [3.63, 3.8) is 0 Å². The minimum Gasteiger partial charge on any atom is -0.459 e. The maximum absolute atomic E-state index is 13.3. The lowest BCUT2D eigenvalue weighted by Crippen LogP contribution is -2.37. The lowest BCUT2D eigenvalue weighted by Gasteiger charge is -2.16. The molecule has 19 heavy (non-hydrogen) atoms. The van der Waals surface area contributed by atoms with Gasteiger partial charge in [0.05, 0.1) is 11.5 Å². The van der Waals surface area contributed by atoms with E-state index in [1.807, 2.05) is 0 Å². The largest absolute Gasteiger partial charge is 0.502 e. The van der Waals surface area contributed by atoms with Gasteiger partial charge in [0.25, 0.3) is 0 Å². The van der Waals surface area contributed by atoms with Crippen LogP contribution in [0.4, 0.5) is 14.5 Å².